The number of hydrogen-bond donors (Lipinski definition) is 2. The Morgan fingerprint density at radius 3 is 2.68 bits per heavy atom. The molecule has 2 aromatic heterocycles. The van der Waals surface area contributed by atoms with Crippen molar-refractivity contribution in [3.8, 4) is 11.5 Å². The van der Waals surface area contributed by atoms with Crippen LogP contribution in [0.4, 0.5) is 10.5 Å². The third-order valence-corrected chi connectivity index (χ3v) is 3.30. The number of rotatable bonds is 4. The summed E-state index contributed by atoms with van der Waals surface area (Å²) >= 11 is 5.97. The zero-order valence-electron chi connectivity index (χ0n) is 11.5. The molecule has 3 rings (SSSR count). The van der Waals surface area contributed by atoms with E-state index in [1.807, 2.05) is 0 Å². The molecule has 0 atom stereocenters. The average molecular weight is 317 g/mol. The second-order valence-corrected chi connectivity index (χ2v) is 4.94. The van der Waals surface area contributed by atoms with Crippen LogP contribution in [0.5, 0.6) is 0 Å². The summed E-state index contributed by atoms with van der Waals surface area (Å²) in [7, 11) is 0. The molecule has 6 heteroatoms. The molecule has 5 nitrogen and oxygen atoms in total. The van der Waals surface area contributed by atoms with E-state index in [-0.39, 0.29) is 12.6 Å². The monoisotopic (exact) mass is 316 g/mol. The summed E-state index contributed by atoms with van der Waals surface area (Å²) in [6.07, 6.45) is 1.58. The molecular formula is C16H13ClN2O3. The van der Waals surface area contributed by atoms with Gasteiger partial charge in [-0.2, -0.15) is 0 Å². The first-order valence-corrected chi connectivity index (χ1v) is 7.02. The molecule has 0 unspecified atom stereocenters. The molecule has 0 spiro atoms. The fourth-order valence-electron chi connectivity index (χ4n) is 1.92. The van der Waals surface area contributed by atoms with E-state index in [1.165, 1.54) is 0 Å². The molecule has 0 saturated heterocycles. The Hall–Kier alpha value is -2.66. The van der Waals surface area contributed by atoms with Gasteiger partial charge in [-0.3, -0.25) is 0 Å². The number of nitrogens with one attached hydrogen (secondary N) is 2. The molecule has 2 amide bonds. The molecule has 3 aromatic rings. The summed E-state index contributed by atoms with van der Waals surface area (Å²) < 4.78 is 10.8. The van der Waals surface area contributed by atoms with Crippen LogP contribution >= 0.6 is 11.6 Å². The zero-order valence-corrected chi connectivity index (χ0v) is 12.3. The second kappa shape index (κ2) is 6.41. The number of urea groups is 1. The average Bonchev–Trinajstić information content (AvgIpc) is 3.18. The Kier molecular flexibility index (Phi) is 4.16. The van der Waals surface area contributed by atoms with E-state index in [4.69, 9.17) is 20.4 Å². The van der Waals surface area contributed by atoms with Gasteiger partial charge < -0.3 is 19.5 Å². The summed E-state index contributed by atoms with van der Waals surface area (Å²) in [5.74, 6) is 1.89. The highest BCUT2D eigenvalue weighted by atomic mass is 35.5. The van der Waals surface area contributed by atoms with E-state index in [0.717, 1.165) is 0 Å². The molecule has 0 fully saturated rings. The number of carbonyl (C=O) groups excluding carboxylic acids is 1. The van der Waals surface area contributed by atoms with Crippen molar-refractivity contribution in [3.63, 3.8) is 0 Å². The number of amides is 2. The van der Waals surface area contributed by atoms with Crippen molar-refractivity contribution >= 4 is 23.3 Å². The van der Waals surface area contributed by atoms with E-state index in [2.05, 4.69) is 10.6 Å². The normalized spacial score (nSPS) is 10.4. The van der Waals surface area contributed by atoms with E-state index >= 15 is 0 Å². The summed E-state index contributed by atoms with van der Waals surface area (Å²) in [6.45, 7) is 0.261. The number of furan rings is 2. The molecule has 2 heterocycles. The zero-order chi connectivity index (χ0) is 15.4. The summed E-state index contributed by atoms with van der Waals surface area (Å²) in [5, 5.41) is 5.86. The van der Waals surface area contributed by atoms with E-state index in [0.29, 0.717) is 28.0 Å². The van der Waals surface area contributed by atoms with Crippen molar-refractivity contribution in [1.82, 2.24) is 5.32 Å². The topological polar surface area (TPSA) is 67.4 Å². The Bertz CT molecular complexity index is 765. The molecular weight excluding hydrogens is 304 g/mol. The van der Waals surface area contributed by atoms with E-state index in [9.17, 15) is 4.79 Å². The Balaban J connectivity index is 1.56. The van der Waals surface area contributed by atoms with Gasteiger partial charge in [-0.05, 0) is 36.4 Å². The van der Waals surface area contributed by atoms with Gasteiger partial charge in [-0.25, -0.2) is 4.79 Å². The molecule has 0 aliphatic carbocycles. The fourth-order valence-corrected chi connectivity index (χ4v) is 2.10. The van der Waals surface area contributed by atoms with Crippen molar-refractivity contribution in [1.29, 1.82) is 0 Å². The summed E-state index contributed by atoms with van der Waals surface area (Å²) in [5.41, 5.74) is 0.553. The third-order valence-electron chi connectivity index (χ3n) is 2.97. The SMILES string of the molecule is O=C(NCc1ccc(-c2ccco2)o1)Nc1ccccc1Cl. The van der Waals surface area contributed by atoms with Gasteiger partial charge >= 0.3 is 6.03 Å². The lowest BCUT2D eigenvalue weighted by Crippen LogP contribution is -2.28. The number of benzene rings is 1. The van der Waals surface area contributed by atoms with Gasteiger partial charge in [0.15, 0.2) is 11.5 Å². The van der Waals surface area contributed by atoms with Crippen molar-refractivity contribution in [3.05, 3.63) is 65.6 Å². The lowest BCUT2D eigenvalue weighted by molar-refractivity contribution is 0.251. The summed E-state index contributed by atoms with van der Waals surface area (Å²) in [4.78, 5) is 11.8. The first-order chi connectivity index (χ1) is 10.7. The van der Waals surface area contributed by atoms with Gasteiger partial charge in [-0.15, -0.1) is 0 Å². The first-order valence-electron chi connectivity index (χ1n) is 6.64. The number of carbonyl (C=O) groups is 1. The Morgan fingerprint density at radius 1 is 1.05 bits per heavy atom. The third kappa shape index (κ3) is 3.32. The quantitative estimate of drug-likeness (QED) is 0.744. The van der Waals surface area contributed by atoms with Crippen LogP contribution in [0.1, 0.15) is 5.76 Å². The molecule has 0 bridgehead atoms. The standard InChI is InChI=1S/C16H13ClN2O3/c17-12-4-1-2-5-13(12)19-16(20)18-10-11-7-8-15(22-11)14-6-3-9-21-14/h1-9H,10H2,(H2,18,19,20). The van der Waals surface area contributed by atoms with Crippen LogP contribution in [0.15, 0.2) is 63.6 Å². The van der Waals surface area contributed by atoms with Gasteiger partial charge in [-0.1, -0.05) is 23.7 Å². The van der Waals surface area contributed by atoms with Crippen LogP contribution in [-0.2, 0) is 6.54 Å². The van der Waals surface area contributed by atoms with Crippen LogP contribution < -0.4 is 10.6 Å². The summed E-state index contributed by atoms with van der Waals surface area (Å²) in [6, 6.07) is 13.8. The molecule has 2 N–H and O–H groups in total. The van der Waals surface area contributed by atoms with E-state index in [1.54, 1.807) is 54.8 Å². The fraction of sp³-hybridized carbons (Fsp3) is 0.0625. The number of hydrogen-bond acceptors (Lipinski definition) is 3. The lowest BCUT2D eigenvalue weighted by atomic mass is 10.3. The smallest absolute Gasteiger partial charge is 0.319 e. The van der Waals surface area contributed by atoms with Crippen molar-refractivity contribution in [2.24, 2.45) is 0 Å². The second-order valence-electron chi connectivity index (χ2n) is 4.53. The predicted octanol–water partition coefficient (Wildman–Crippen LogP) is 4.51. The highest BCUT2D eigenvalue weighted by Crippen LogP contribution is 2.22. The van der Waals surface area contributed by atoms with Crippen LogP contribution in [0, 0.1) is 0 Å². The van der Waals surface area contributed by atoms with Gasteiger partial charge in [0.25, 0.3) is 0 Å². The molecule has 112 valence electrons. The van der Waals surface area contributed by atoms with Gasteiger partial charge in [0.2, 0.25) is 0 Å². The minimum absolute atomic E-state index is 0.261. The first kappa shape index (κ1) is 14.3. The van der Waals surface area contributed by atoms with Crippen LogP contribution in [0.2, 0.25) is 5.02 Å². The molecule has 1 aromatic carbocycles. The van der Waals surface area contributed by atoms with Crippen molar-refractivity contribution in [2.75, 3.05) is 5.32 Å². The lowest BCUT2D eigenvalue weighted by Gasteiger charge is -2.07. The minimum atomic E-state index is -0.357. The maximum Gasteiger partial charge on any atom is 0.319 e. The molecule has 0 saturated carbocycles. The number of para-hydroxylation sites is 1. The van der Waals surface area contributed by atoms with Crippen LogP contribution in [-0.4, -0.2) is 6.03 Å². The van der Waals surface area contributed by atoms with Crippen LogP contribution in [0.3, 0.4) is 0 Å². The molecule has 0 radical (unpaired) electrons. The minimum Gasteiger partial charge on any atom is -0.461 e. The number of anilines is 1. The predicted molar refractivity (Wildman–Crippen MR) is 83.7 cm³/mol. The largest absolute Gasteiger partial charge is 0.461 e. The van der Waals surface area contributed by atoms with Crippen molar-refractivity contribution in [2.45, 2.75) is 6.54 Å². The van der Waals surface area contributed by atoms with E-state index < -0.39 is 0 Å². The Morgan fingerprint density at radius 2 is 1.91 bits per heavy atom. The maximum absolute atomic E-state index is 11.8. The van der Waals surface area contributed by atoms with Crippen LogP contribution in [0.25, 0.3) is 11.5 Å². The Labute approximate surface area is 131 Å². The number of halogens is 1. The molecule has 22 heavy (non-hydrogen) atoms. The molecule has 0 aliphatic heterocycles. The van der Waals surface area contributed by atoms with Crippen molar-refractivity contribution < 1.29 is 13.6 Å². The van der Waals surface area contributed by atoms with Gasteiger partial charge in [0.05, 0.1) is 23.5 Å². The molecule has 0 aliphatic rings. The van der Waals surface area contributed by atoms with Gasteiger partial charge in [0.1, 0.15) is 5.76 Å². The van der Waals surface area contributed by atoms with Gasteiger partial charge in [0, 0.05) is 0 Å². The highest BCUT2D eigenvalue weighted by Gasteiger charge is 2.09. The maximum atomic E-state index is 11.8. The highest BCUT2D eigenvalue weighted by molar-refractivity contribution is 6.33.